The van der Waals surface area contributed by atoms with Gasteiger partial charge in [0.25, 0.3) is 10.1 Å². The van der Waals surface area contributed by atoms with Crippen LogP contribution in [0, 0.1) is 0 Å². The maximum absolute atomic E-state index is 12.8. The molecular formula is C18H16F3N3O6S. The molecule has 2 heterocycles. The smallest absolute Gasteiger partial charge is 0.439 e. The zero-order valence-corrected chi connectivity index (χ0v) is 16.8. The van der Waals surface area contributed by atoms with E-state index in [1.54, 1.807) is 0 Å². The van der Waals surface area contributed by atoms with Gasteiger partial charge >= 0.3 is 11.9 Å². The first kappa shape index (κ1) is 22.5. The van der Waals surface area contributed by atoms with Crippen LogP contribution in [0.2, 0.25) is 0 Å². The molecule has 0 fully saturated rings. The molecule has 1 aromatic carbocycles. The van der Waals surface area contributed by atoms with Gasteiger partial charge in [0.15, 0.2) is 5.82 Å². The van der Waals surface area contributed by atoms with Crippen molar-refractivity contribution in [2.24, 2.45) is 0 Å². The molecule has 2 aromatic heterocycles. The molecule has 31 heavy (non-hydrogen) atoms. The maximum Gasteiger partial charge on any atom is 0.439 e. The number of H-pyrrole nitrogens is 1. The normalized spacial score (nSPS) is 12.1. The fourth-order valence-electron chi connectivity index (χ4n) is 2.67. The van der Waals surface area contributed by atoms with Crippen molar-refractivity contribution >= 4 is 10.1 Å². The van der Waals surface area contributed by atoms with Gasteiger partial charge in [0, 0.05) is 12.6 Å². The van der Waals surface area contributed by atoms with Crippen LogP contribution >= 0.6 is 0 Å². The summed E-state index contributed by atoms with van der Waals surface area (Å²) in [4.78, 5) is 18.0. The highest BCUT2D eigenvalue weighted by atomic mass is 32.2. The van der Waals surface area contributed by atoms with Gasteiger partial charge in [-0.2, -0.15) is 21.6 Å². The van der Waals surface area contributed by atoms with Crippen LogP contribution in [0.15, 0.2) is 45.8 Å². The third-order valence-corrected chi connectivity index (χ3v) is 4.55. The van der Waals surface area contributed by atoms with Crippen molar-refractivity contribution < 1.29 is 35.0 Å². The van der Waals surface area contributed by atoms with Crippen LogP contribution in [0.1, 0.15) is 16.8 Å². The first-order chi connectivity index (χ1) is 14.5. The molecule has 0 aliphatic rings. The Balaban J connectivity index is 1.89. The number of hydrogen-bond donors (Lipinski definition) is 1. The van der Waals surface area contributed by atoms with E-state index >= 15 is 0 Å². The van der Waals surface area contributed by atoms with Gasteiger partial charge in [0.05, 0.1) is 23.1 Å². The van der Waals surface area contributed by atoms with Crippen molar-refractivity contribution in [3.8, 4) is 17.1 Å². The molecule has 0 aliphatic heterocycles. The third-order valence-electron chi connectivity index (χ3n) is 3.96. The SMILES string of the molecule is CS(=O)(=O)OCCOc1ccnc(Cc2ccc(C(F)(F)F)cc2)c1-c1noc(=O)[nH]1. The van der Waals surface area contributed by atoms with Crippen molar-refractivity contribution in [2.75, 3.05) is 19.5 Å². The minimum absolute atomic E-state index is 0.000886. The minimum atomic E-state index is -4.45. The molecule has 0 bridgehead atoms. The number of nitrogens with zero attached hydrogens (tertiary/aromatic N) is 2. The second-order valence-electron chi connectivity index (χ2n) is 6.32. The standard InChI is InChI=1S/C18H16F3N3O6S/c1-31(26,27)29-9-8-28-14-6-7-22-13(15(14)16-23-17(25)30-24-16)10-11-2-4-12(5-3-11)18(19,20)21/h2-7H,8-10H2,1H3,(H,23,24,25). The zero-order valence-electron chi connectivity index (χ0n) is 16.0. The van der Waals surface area contributed by atoms with E-state index in [0.717, 1.165) is 18.4 Å². The van der Waals surface area contributed by atoms with Crippen LogP contribution in [0.3, 0.4) is 0 Å². The number of halogens is 3. The summed E-state index contributed by atoms with van der Waals surface area (Å²) in [7, 11) is -3.65. The van der Waals surface area contributed by atoms with E-state index < -0.39 is 27.6 Å². The number of aromatic nitrogens is 3. The molecule has 0 atom stereocenters. The summed E-state index contributed by atoms with van der Waals surface area (Å²) in [5, 5.41) is 3.62. The lowest BCUT2D eigenvalue weighted by Gasteiger charge is -2.13. The summed E-state index contributed by atoms with van der Waals surface area (Å²) >= 11 is 0. The number of nitrogens with one attached hydrogen (secondary N) is 1. The molecule has 1 N–H and O–H groups in total. The Morgan fingerprint density at radius 3 is 2.42 bits per heavy atom. The average Bonchev–Trinajstić information content (AvgIpc) is 3.10. The highest BCUT2D eigenvalue weighted by molar-refractivity contribution is 7.85. The Labute approximate surface area is 173 Å². The maximum atomic E-state index is 12.8. The lowest BCUT2D eigenvalue weighted by atomic mass is 10.0. The first-order valence-electron chi connectivity index (χ1n) is 8.70. The summed E-state index contributed by atoms with van der Waals surface area (Å²) in [6.45, 7) is -0.407. The van der Waals surface area contributed by atoms with E-state index in [1.807, 2.05) is 0 Å². The fraction of sp³-hybridized carbons (Fsp3) is 0.278. The monoisotopic (exact) mass is 459 g/mol. The Kier molecular flexibility index (Phi) is 6.45. The number of rotatable bonds is 8. The molecule has 166 valence electrons. The Bertz CT molecular complexity index is 1200. The number of benzene rings is 1. The van der Waals surface area contributed by atoms with Crippen LogP contribution in [0.5, 0.6) is 5.75 Å². The Hall–Kier alpha value is -3.19. The Morgan fingerprint density at radius 2 is 1.84 bits per heavy atom. The fourth-order valence-corrected chi connectivity index (χ4v) is 3.04. The predicted octanol–water partition coefficient (Wildman–Crippen LogP) is 2.39. The second kappa shape index (κ2) is 8.89. The molecule has 0 aliphatic carbocycles. The van der Waals surface area contributed by atoms with Gasteiger partial charge in [0.1, 0.15) is 19.0 Å². The van der Waals surface area contributed by atoms with Gasteiger partial charge in [-0.15, -0.1) is 0 Å². The lowest BCUT2D eigenvalue weighted by molar-refractivity contribution is -0.137. The number of pyridine rings is 1. The number of ether oxygens (including phenoxy) is 1. The number of hydrogen-bond acceptors (Lipinski definition) is 8. The molecule has 3 rings (SSSR count). The highest BCUT2D eigenvalue weighted by Gasteiger charge is 2.30. The zero-order chi connectivity index (χ0) is 22.6. The van der Waals surface area contributed by atoms with Crippen molar-refractivity contribution in [3.05, 3.63) is 63.9 Å². The van der Waals surface area contributed by atoms with Crippen molar-refractivity contribution in [1.82, 2.24) is 15.1 Å². The van der Waals surface area contributed by atoms with Crippen LogP contribution < -0.4 is 10.5 Å². The van der Waals surface area contributed by atoms with Gasteiger partial charge in [-0.25, -0.2) is 4.79 Å². The van der Waals surface area contributed by atoms with Crippen molar-refractivity contribution in [1.29, 1.82) is 0 Å². The largest absolute Gasteiger partial charge is 0.490 e. The van der Waals surface area contributed by atoms with Crippen molar-refractivity contribution in [3.63, 3.8) is 0 Å². The molecule has 0 saturated heterocycles. The first-order valence-corrected chi connectivity index (χ1v) is 10.5. The minimum Gasteiger partial charge on any atom is -0.490 e. The Morgan fingerprint density at radius 1 is 1.13 bits per heavy atom. The van der Waals surface area contributed by atoms with Crippen LogP contribution in [0.25, 0.3) is 11.4 Å². The molecule has 9 nitrogen and oxygen atoms in total. The number of aromatic amines is 1. The number of alkyl halides is 3. The summed E-state index contributed by atoms with van der Waals surface area (Å²) in [6, 6.07) is 5.99. The molecule has 13 heteroatoms. The van der Waals surface area contributed by atoms with E-state index in [0.29, 0.717) is 11.3 Å². The van der Waals surface area contributed by atoms with Crippen LogP contribution in [-0.4, -0.2) is 43.0 Å². The van der Waals surface area contributed by atoms with Crippen LogP contribution in [0.4, 0.5) is 13.2 Å². The van der Waals surface area contributed by atoms with Gasteiger partial charge in [-0.3, -0.25) is 18.7 Å². The van der Waals surface area contributed by atoms with E-state index in [4.69, 9.17) is 4.74 Å². The average molecular weight is 459 g/mol. The topological polar surface area (TPSA) is 124 Å². The van der Waals surface area contributed by atoms with Gasteiger partial charge in [-0.05, 0) is 23.8 Å². The second-order valence-corrected chi connectivity index (χ2v) is 7.96. The summed E-state index contributed by atoms with van der Waals surface area (Å²) in [6.07, 6.45) is -2.07. The summed E-state index contributed by atoms with van der Waals surface area (Å²) in [5.74, 6) is -0.636. The molecule has 0 amide bonds. The third kappa shape index (κ3) is 6.15. The molecule has 0 saturated carbocycles. The van der Waals surface area contributed by atoms with Crippen molar-refractivity contribution in [2.45, 2.75) is 12.6 Å². The summed E-state index contributed by atoms with van der Waals surface area (Å²) in [5.41, 5.74) is 0.316. The molecule has 0 spiro atoms. The quantitative estimate of drug-likeness (QED) is 0.402. The molecule has 0 unspecified atom stereocenters. The summed E-state index contributed by atoms with van der Waals surface area (Å²) < 4.78 is 75.2. The van der Waals surface area contributed by atoms with Gasteiger partial charge in [-0.1, -0.05) is 17.3 Å². The van der Waals surface area contributed by atoms with Gasteiger partial charge in [0.2, 0.25) is 0 Å². The van der Waals surface area contributed by atoms with E-state index in [2.05, 4.69) is 23.8 Å². The predicted molar refractivity (Wildman–Crippen MR) is 101 cm³/mol. The van der Waals surface area contributed by atoms with E-state index in [1.165, 1.54) is 24.4 Å². The lowest BCUT2D eigenvalue weighted by Crippen LogP contribution is -2.12. The molecule has 0 radical (unpaired) electrons. The van der Waals surface area contributed by atoms with E-state index in [9.17, 15) is 26.4 Å². The highest BCUT2D eigenvalue weighted by Crippen LogP contribution is 2.32. The molecular weight excluding hydrogens is 443 g/mol. The van der Waals surface area contributed by atoms with E-state index in [-0.39, 0.29) is 36.8 Å². The van der Waals surface area contributed by atoms with Gasteiger partial charge < -0.3 is 4.74 Å². The molecule has 3 aromatic rings. The van der Waals surface area contributed by atoms with Crippen LogP contribution in [-0.2, 0) is 26.9 Å².